The summed E-state index contributed by atoms with van der Waals surface area (Å²) in [5, 5.41) is 0. The van der Waals surface area contributed by atoms with Gasteiger partial charge in [-0.3, -0.25) is 14.1 Å². The van der Waals surface area contributed by atoms with E-state index in [-0.39, 0.29) is 54.0 Å². The number of ether oxygens (including phenoxy) is 3. The topological polar surface area (TPSA) is 87.6 Å². The van der Waals surface area contributed by atoms with Gasteiger partial charge in [0.2, 0.25) is 6.23 Å². The Labute approximate surface area is 325 Å². The average Bonchev–Trinajstić information content (AvgIpc) is 3.52. The summed E-state index contributed by atoms with van der Waals surface area (Å²) in [7, 11) is 2.21. The number of alkyl halides is 1. The highest BCUT2D eigenvalue weighted by molar-refractivity contribution is 6.99. The van der Waals surface area contributed by atoms with Crippen LogP contribution < -0.4 is 28.7 Å². The van der Waals surface area contributed by atoms with Gasteiger partial charge in [-0.25, -0.2) is 0 Å². The molecule has 1 aromatic rings. The average molecular weight is 842 g/mol. The molecule has 0 amide bonds. The first-order chi connectivity index (χ1) is 23.0. The lowest BCUT2D eigenvalue weighted by Gasteiger charge is -2.44. The number of likely N-dealkylation sites (N-methyl/N-ethyl adjacent to an activating group) is 1. The fraction of sp³-hybridized carbons (Fsp3) is 0.842. The number of unbranched alkanes of at least 4 members (excludes halogenated alkanes) is 11. The summed E-state index contributed by atoms with van der Waals surface area (Å²) >= 11 is 7.04. The Morgan fingerprint density at radius 2 is 1.33 bits per heavy atom. The van der Waals surface area contributed by atoms with E-state index in [2.05, 4.69) is 56.5 Å². The lowest BCUT2D eigenvalue weighted by molar-refractivity contribution is -0.950. The van der Waals surface area contributed by atoms with Gasteiger partial charge in [0.05, 0.1) is 31.9 Å². The molecule has 286 valence electrons. The minimum atomic E-state index is -0.479. The SMILES string of the molecule is CCCCCCCC(=O)OC(C(C)C)[N+]1(C)CCC=C(c2nsnc2OCCCCCC)C1.CCCCCCCC(=O)OC(Cl)C(C)C.[I-]. The first-order valence-corrected chi connectivity index (χ1v) is 20.2. The van der Waals surface area contributed by atoms with E-state index in [1.807, 2.05) is 13.8 Å². The Balaban J connectivity index is 0.00000122. The zero-order chi connectivity index (χ0) is 35.8. The molecule has 1 aliphatic rings. The van der Waals surface area contributed by atoms with Crippen molar-refractivity contribution in [3.05, 3.63) is 11.8 Å². The van der Waals surface area contributed by atoms with Crippen LogP contribution in [0.15, 0.2) is 6.08 Å². The highest BCUT2D eigenvalue weighted by atomic mass is 127. The summed E-state index contributed by atoms with van der Waals surface area (Å²) in [6.07, 6.45) is 20.1. The zero-order valence-corrected chi connectivity index (χ0v) is 35.8. The van der Waals surface area contributed by atoms with Gasteiger partial charge in [0.15, 0.2) is 5.56 Å². The number of carbonyl (C=O) groups is 2. The molecule has 0 fully saturated rings. The van der Waals surface area contributed by atoms with Crippen LogP contribution in [0, 0.1) is 11.8 Å². The van der Waals surface area contributed by atoms with E-state index >= 15 is 0 Å². The van der Waals surface area contributed by atoms with Gasteiger partial charge in [0, 0.05) is 36.7 Å². The van der Waals surface area contributed by atoms with E-state index in [0.29, 0.717) is 29.8 Å². The largest absolute Gasteiger partial charge is 1.00 e. The molecule has 49 heavy (non-hydrogen) atoms. The second kappa shape index (κ2) is 28.6. The van der Waals surface area contributed by atoms with Gasteiger partial charge in [0.1, 0.15) is 12.2 Å². The van der Waals surface area contributed by atoms with Crippen molar-refractivity contribution >= 4 is 40.8 Å². The van der Waals surface area contributed by atoms with Crippen molar-refractivity contribution in [2.45, 2.75) is 169 Å². The van der Waals surface area contributed by atoms with Gasteiger partial charge < -0.3 is 38.2 Å². The van der Waals surface area contributed by atoms with Crippen LogP contribution in [0.3, 0.4) is 0 Å². The van der Waals surface area contributed by atoms with Crippen molar-refractivity contribution < 1.29 is 52.3 Å². The molecule has 1 aliphatic heterocycles. The minimum absolute atomic E-state index is 0. The molecule has 0 saturated heterocycles. The third kappa shape index (κ3) is 20.6. The fourth-order valence-electron chi connectivity index (χ4n) is 5.87. The molecule has 11 heteroatoms. The number of esters is 2. The Morgan fingerprint density at radius 1 is 0.796 bits per heavy atom. The molecule has 3 unspecified atom stereocenters. The van der Waals surface area contributed by atoms with E-state index in [9.17, 15) is 9.59 Å². The fourth-order valence-corrected chi connectivity index (χ4v) is 6.50. The molecule has 3 atom stereocenters. The molecule has 0 bridgehead atoms. The summed E-state index contributed by atoms with van der Waals surface area (Å²) in [4.78, 5) is 23.9. The Morgan fingerprint density at radius 3 is 1.86 bits per heavy atom. The molecule has 0 spiro atoms. The van der Waals surface area contributed by atoms with E-state index < -0.39 is 5.56 Å². The number of hydrogen-bond donors (Lipinski definition) is 0. The summed E-state index contributed by atoms with van der Waals surface area (Å²) in [6, 6.07) is 0. The van der Waals surface area contributed by atoms with Crippen molar-refractivity contribution in [1.82, 2.24) is 8.75 Å². The van der Waals surface area contributed by atoms with Gasteiger partial charge in [0.25, 0.3) is 5.88 Å². The van der Waals surface area contributed by atoms with Crippen LogP contribution in [0.25, 0.3) is 5.57 Å². The Hall–Kier alpha value is -0.980. The predicted octanol–water partition coefficient (Wildman–Crippen LogP) is 7.73. The molecule has 0 aromatic carbocycles. The van der Waals surface area contributed by atoms with E-state index in [1.165, 1.54) is 69.5 Å². The maximum atomic E-state index is 12.6. The molecule has 0 aliphatic carbocycles. The van der Waals surface area contributed by atoms with E-state index in [4.69, 9.17) is 25.8 Å². The first kappa shape index (κ1) is 48.0. The second-order valence-electron chi connectivity index (χ2n) is 14.2. The molecule has 0 N–H and O–H groups in total. The number of halogens is 2. The molecule has 8 nitrogen and oxygen atoms in total. The molecule has 0 radical (unpaired) electrons. The standard InChI is InChI=1S/C26H46N3O3S.C12H23ClO2.HI/c1-6-8-10-12-13-17-23(30)32-26(21(3)4)29(5)18-15-16-22(20-29)24-25(28-33-27-24)31-19-14-11-9-7-2;1-4-5-6-7-8-9-11(14)15-12(13)10(2)3;/h16,21,26H,6-15,17-20H2,1-5H3;10,12H,4-9H2,1-3H3;1H/q+1;;/p-1. The molecule has 2 heterocycles. The van der Waals surface area contributed by atoms with Crippen LogP contribution in [0.4, 0.5) is 0 Å². The zero-order valence-electron chi connectivity index (χ0n) is 32.1. The lowest BCUT2D eigenvalue weighted by Crippen LogP contribution is -3.00. The van der Waals surface area contributed by atoms with Crippen molar-refractivity contribution in [3.63, 3.8) is 0 Å². The van der Waals surface area contributed by atoms with Crippen molar-refractivity contribution in [2.24, 2.45) is 11.8 Å². The number of aromatic nitrogens is 2. The Bertz CT molecular complexity index is 1040. The minimum Gasteiger partial charge on any atom is -1.00 e. The summed E-state index contributed by atoms with van der Waals surface area (Å²) in [5.41, 5.74) is 1.54. The van der Waals surface area contributed by atoms with Crippen LogP contribution in [0.2, 0.25) is 0 Å². The van der Waals surface area contributed by atoms with Gasteiger partial charge >= 0.3 is 11.9 Å². The first-order valence-electron chi connectivity index (χ1n) is 19.0. The number of hydrogen-bond acceptors (Lipinski definition) is 8. The maximum Gasteiger partial charge on any atom is 0.310 e. The molecule has 0 saturated carbocycles. The third-order valence-electron chi connectivity index (χ3n) is 8.74. The maximum absolute atomic E-state index is 12.6. The molecule has 2 rings (SSSR count). The summed E-state index contributed by atoms with van der Waals surface area (Å²) in [6.45, 7) is 17.2. The second-order valence-corrected chi connectivity index (χ2v) is 15.2. The summed E-state index contributed by atoms with van der Waals surface area (Å²) < 4.78 is 26.8. The van der Waals surface area contributed by atoms with Gasteiger partial charge in [-0.05, 0) is 19.3 Å². The number of carbonyl (C=O) groups excluding carboxylic acids is 2. The van der Waals surface area contributed by atoms with Crippen LogP contribution in [0.5, 0.6) is 5.88 Å². The monoisotopic (exact) mass is 841 g/mol. The predicted molar refractivity (Wildman–Crippen MR) is 200 cm³/mol. The molecule has 1 aromatic heterocycles. The van der Waals surface area contributed by atoms with Crippen molar-refractivity contribution in [3.8, 4) is 5.88 Å². The number of nitrogens with zero attached hydrogens (tertiary/aromatic N) is 3. The number of rotatable bonds is 24. The van der Waals surface area contributed by atoms with Crippen LogP contribution in [-0.2, 0) is 19.1 Å². The Kier molecular flexibility index (Phi) is 28.0. The van der Waals surface area contributed by atoms with E-state index in [1.54, 1.807) is 0 Å². The van der Waals surface area contributed by atoms with Crippen molar-refractivity contribution in [1.29, 1.82) is 0 Å². The van der Waals surface area contributed by atoms with Crippen LogP contribution in [0.1, 0.15) is 163 Å². The third-order valence-corrected chi connectivity index (χ3v) is 9.84. The van der Waals surface area contributed by atoms with Crippen molar-refractivity contribution in [2.75, 3.05) is 26.7 Å². The number of quaternary nitrogens is 1. The summed E-state index contributed by atoms with van der Waals surface area (Å²) in [5.74, 6) is 0.839. The molecular formula is C38H69ClIN3O5S. The smallest absolute Gasteiger partial charge is 0.310 e. The highest BCUT2D eigenvalue weighted by Crippen LogP contribution is 2.33. The lowest BCUT2D eigenvalue weighted by atomic mass is 10.0. The highest BCUT2D eigenvalue weighted by Gasteiger charge is 2.41. The van der Waals surface area contributed by atoms with Gasteiger partial charge in [-0.2, -0.15) is 4.37 Å². The van der Waals surface area contributed by atoms with Crippen LogP contribution in [-0.4, -0.2) is 63.7 Å². The quantitative estimate of drug-likeness (QED) is 0.0347. The van der Waals surface area contributed by atoms with E-state index in [0.717, 1.165) is 62.9 Å². The van der Waals surface area contributed by atoms with Gasteiger partial charge in [-0.1, -0.05) is 137 Å². The molecular weight excluding hydrogens is 773 g/mol. The van der Waals surface area contributed by atoms with Crippen LogP contribution >= 0.6 is 23.3 Å². The normalized spacial score (nSPS) is 17.0. The van der Waals surface area contributed by atoms with Gasteiger partial charge in [-0.15, -0.1) is 4.37 Å².